The first-order valence-corrected chi connectivity index (χ1v) is 6.53. The van der Waals surface area contributed by atoms with E-state index in [9.17, 15) is 21.6 Å². The third-order valence-electron chi connectivity index (χ3n) is 1.98. The number of sulfonamides is 1. The van der Waals surface area contributed by atoms with Crippen molar-refractivity contribution in [3.05, 3.63) is 0 Å². The van der Waals surface area contributed by atoms with E-state index in [1.165, 1.54) is 0 Å². The highest BCUT2D eigenvalue weighted by atomic mass is 32.2. The molecule has 3 N–H and O–H groups in total. The molecule has 1 aliphatic rings. The number of aliphatic carboxylic acids is 1. The van der Waals surface area contributed by atoms with E-state index in [1.807, 2.05) is 0 Å². The van der Waals surface area contributed by atoms with Crippen molar-refractivity contribution >= 4 is 16.0 Å². The van der Waals surface area contributed by atoms with Gasteiger partial charge in [0.2, 0.25) is 10.0 Å². The minimum absolute atomic E-state index is 0.113. The lowest BCUT2D eigenvalue weighted by molar-refractivity contribution is -0.192. The van der Waals surface area contributed by atoms with Gasteiger partial charge in [-0.2, -0.15) is 13.2 Å². The molecule has 0 saturated carbocycles. The van der Waals surface area contributed by atoms with E-state index in [0.717, 1.165) is 13.1 Å². The van der Waals surface area contributed by atoms with Gasteiger partial charge in [-0.15, -0.1) is 0 Å². The minimum Gasteiger partial charge on any atom is -0.475 e. The van der Waals surface area contributed by atoms with Gasteiger partial charge in [0.05, 0.1) is 5.25 Å². The highest BCUT2D eigenvalue weighted by Gasteiger charge is 2.38. The summed E-state index contributed by atoms with van der Waals surface area (Å²) in [6, 6.07) is 0.113. The Labute approximate surface area is 103 Å². The third-order valence-corrected chi connectivity index (χ3v) is 3.88. The predicted octanol–water partition coefficient (Wildman–Crippen LogP) is -0.0807. The van der Waals surface area contributed by atoms with E-state index in [-0.39, 0.29) is 11.3 Å². The molecule has 0 spiro atoms. The normalized spacial score (nSPS) is 16.8. The first-order valence-electron chi connectivity index (χ1n) is 4.98. The molecule has 0 amide bonds. The largest absolute Gasteiger partial charge is 0.490 e. The molecule has 0 aliphatic carbocycles. The van der Waals surface area contributed by atoms with Crippen molar-refractivity contribution in [3.8, 4) is 0 Å². The Hall–Kier alpha value is -0.870. The fraction of sp³-hybridized carbons (Fsp3) is 0.875. The summed E-state index contributed by atoms with van der Waals surface area (Å²) in [5.74, 6) is -2.76. The van der Waals surface area contributed by atoms with Crippen LogP contribution in [0.15, 0.2) is 0 Å². The Bertz CT molecular complexity index is 376. The average molecular weight is 292 g/mol. The number of hydrogen-bond donors (Lipinski definition) is 3. The molecule has 0 unspecified atom stereocenters. The molecule has 108 valence electrons. The van der Waals surface area contributed by atoms with Crippen LogP contribution in [0.25, 0.3) is 0 Å². The van der Waals surface area contributed by atoms with Crippen molar-refractivity contribution in [2.45, 2.75) is 31.3 Å². The Morgan fingerprint density at radius 3 is 1.94 bits per heavy atom. The van der Waals surface area contributed by atoms with Crippen LogP contribution in [-0.2, 0) is 14.8 Å². The zero-order valence-corrected chi connectivity index (χ0v) is 10.6. The standard InChI is InChI=1S/C6H14N2O2S.C2HF3O2/c1-5(2)11(9,10)8-6-3-7-4-6;3-2(4,5)1(6)7/h5-8H,3-4H2,1-2H3;(H,6,7). The first kappa shape index (κ1) is 17.1. The van der Waals surface area contributed by atoms with Gasteiger partial charge in [0.1, 0.15) is 0 Å². The van der Waals surface area contributed by atoms with Gasteiger partial charge in [0.15, 0.2) is 0 Å². The topological polar surface area (TPSA) is 95.5 Å². The van der Waals surface area contributed by atoms with Crippen LogP contribution < -0.4 is 10.0 Å². The van der Waals surface area contributed by atoms with Crippen LogP contribution in [0.1, 0.15) is 13.8 Å². The average Bonchev–Trinajstić information content (AvgIpc) is 2.11. The van der Waals surface area contributed by atoms with E-state index in [2.05, 4.69) is 10.0 Å². The molecule has 10 heteroatoms. The Morgan fingerprint density at radius 2 is 1.78 bits per heavy atom. The van der Waals surface area contributed by atoms with Crippen molar-refractivity contribution in [1.82, 2.24) is 10.0 Å². The molecule has 0 atom stereocenters. The van der Waals surface area contributed by atoms with Gasteiger partial charge in [-0.25, -0.2) is 17.9 Å². The summed E-state index contributed by atoms with van der Waals surface area (Å²) in [6.07, 6.45) is -5.08. The summed E-state index contributed by atoms with van der Waals surface area (Å²) in [5.41, 5.74) is 0. The molecule has 6 nitrogen and oxygen atoms in total. The van der Waals surface area contributed by atoms with Gasteiger partial charge < -0.3 is 10.4 Å². The third kappa shape index (κ3) is 6.17. The maximum absolute atomic E-state index is 11.2. The monoisotopic (exact) mass is 292 g/mol. The number of alkyl halides is 3. The number of carboxylic acid groups (broad SMARTS) is 1. The molecule has 0 radical (unpaired) electrons. The fourth-order valence-corrected chi connectivity index (χ4v) is 1.64. The molecular formula is C8H15F3N2O4S. The lowest BCUT2D eigenvalue weighted by Crippen LogP contribution is -2.57. The maximum Gasteiger partial charge on any atom is 0.490 e. The Kier molecular flexibility index (Phi) is 6.04. The van der Waals surface area contributed by atoms with E-state index in [0.29, 0.717) is 0 Å². The Balaban J connectivity index is 0.000000360. The van der Waals surface area contributed by atoms with Crippen molar-refractivity contribution < 1.29 is 31.5 Å². The molecule has 1 aliphatic heterocycles. The molecule has 1 heterocycles. The summed E-state index contributed by atoms with van der Waals surface area (Å²) < 4.78 is 56.7. The summed E-state index contributed by atoms with van der Waals surface area (Å²) in [4.78, 5) is 8.90. The van der Waals surface area contributed by atoms with Crippen LogP contribution in [0.3, 0.4) is 0 Å². The highest BCUT2D eigenvalue weighted by molar-refractivity contribution is 7.90. The van der Waals surface area contributed by atoms with Gasteiger partial charge >= 0.3 is 12.1 Å². The van der Waals surface area contributed by atoms with Crippen LogP contribution in [-0.4, -0.2) is 50.1 Å². The zero-order valence-electron chi connectivity index (χ0n) is 9.78. The predicted molar refractivity (Wildman–Crippen MR) is 57.5 cm³/mol. The van der Waals surface area contributed by atoms with Crippen LogP contribution in [0, 0.1) is 0 Å². The second kappa shape index (κ2) is 6.34. The van der Waals surface area contributed by atoms with Crippen LogP contribution in [0.2, 0.25) is 0 Å². The van der Waals surface area contributed by atoms with Gasteiger partial charge in [-0.3, -0.25) is 0 Å². The smallest absolute Gasteiger partial charge is 0.475 e. The lowest BCUT2D eigenvalue weighted by Gasteiger charge is -2.28. The first-order chi connectivity index (χ1) is 7.97. The number of hydrogen-bond acceptors (Lipinski definition) is 4. The summed E-state index contributed by atoms with van der Waals surface area (Å²) in [7, 11) is -3.05. The van der Waals surface area contributed by atoms with Gasteiger partial charge in [0.25, 0.3) is 0 Å². The number of halogens is 3. The molecule has 1 saturated heterocycles. The second-order valence-electron chi connectivity index (χ2n) is 3.87. The van der Waals surface area contributed by atoms with Gasteiger partial charge in [-0.05, 0) is 13.8 Å². The highest BCUT2D eigenvalue weighted by Crippen LogP contribution is 2.13. The number of rotatable bonds is 3. The fourth-order valence-electron chi connectivity index (χ4n) is 0.740. The minimum atomic E-state index is -5.08. The molecule has 1 fully saturated rings. The number of nitrogens with one attached hydrogen (secondary N) is 2. The molecule has 0 aromatic heterocycles. The van der Waals surface area contributed by atoms with Crippen molar-refractivity contribution in [3.63, 3.8) is 0 Å². The number of carbonyl (C=O) groups is 1. The maximum atomic E-state index is 11.2. The quantitative estimate of drug-likeness (QED) is 0.676. The van der Waals surface area contributed by atoms with Crippen molar-refractivity contribution in [2.75, 3.05) is 13.1 Å². The van der Waals surface area contributed by atoms with Crippen molar-refractivity contribution in [1.29, 1.82) is 0 Å². The van der Waals surface area contributed by atoms with E-state index < -0.39 is 22.2 Å². The van der Waals surface area contributed by atoms with E-state index in [4.69, 9.17) is 9.90 Å². The van der Waals surface area contributed by atoms with Crippen LogP contribution in [0.5, 0.6) is 0 Å². The lowest BCUT2D eigenvalue weighted by atomic mass is 10.2. The Morgan fingerprint density at radius 1 is 1.39 bits per heavy atom. The molecular weight excluding hydrogens is 277 g/mol. The van der Waals surface area contributed by atoms with Crippen LogP contribution in [0.4, 0.5) is 13.2 Å². The van der Waals surface area contributed by atoms with Gasteiger partial charge in [-0.1, -0.05) is 0 Å². The summed E-state index contributed by atoms with van der Waals surface area (Å²) in [6.45, 7) is 4.86. The number of carboxylic acids is 1. The molecule has 0 bridgehead atoms. The van der Waals surface area contributed by atoms with E-state index in [1.54, 1.807) is 13.8 Å². The second-order valence-corrected chi connectivity index (χ2v) is 6.14. The summed E-state index contributed by atoms with van der Waals surface area (Å²) in [5, 5.41) is 9.79. The zero-order chi connectivity index (χ0) is 14.6. The molecule has 0 aromatic rings. The summed E-state index contributed by atoms with van der Waals surface area (Å²) >= 11 is 0. The SMILES string of the molecule is CC(C)S(=O)(=O)NC1CNC1.O=C(O)C(F)(F)F. The van der Waals surface area contributed by atoms with E-state index >= 15 is 0 Å². The molecule has 0 aromatic carbocycles. The van der Waals surface area contributed by atoms with Crippen LogP contribution >= 0.6 is 0 Å². The van der Waals surface area contributed by atoms with Crippen molar-refractivity contribution in [2.24, 2.45) is 0 Å². The molecule has 18 heavy (non-hydrogen) atoms. The van der Waals surface area contributed by atoms with Gasteiger partial charge in [0, 0.05) is 19.1 Å². The molecule has 1 rings (SSSR count).